The zero-order valence-corrected chi connectivity index (χ0v) is 17.1. The van der Waals surface area contributed by atoms with Gasteiger partial charge in [-0.15, -0.1) is 10.2 Å². The van der Waals surface area contributed by atoms with Gasteiger partial charge in [0, 0.05) is 11.3 Å². The number of halogens is 6. The number of anilines is 1. The fourth-order valence-electron chi connectivity index (χ4n) is 2.74. The van der Waals surface area contributed by atoms with Crippen LogP contribution in [0.1, 0.15) is 16.7 Å². The molecule has 0 unspecified atom stereocenters. The Hall–Kier alpha value is -3.22. The van der Waals surface area contributed by atoms with Crippen LogP contribution in [0.3, 0.4) is 0 Å². The quantitative estimate of drug-likeness (QED) is 0.317. The highest BCUT2D eigenvalue weighted by molar-refractivity contribution is 7.99. The molecule has 2 aromatic carbocycles. The summed E-state index contributed by atoms with van der Waals surface area (Å²) < 4.78 is 78.8. The number of thioether (sulfide) groups is 1. The first-order valence-corrected chi connectivity index (χ1v) is 9.83. The van der Waals surface area contributed by atoms with Gasteiger partial charge in [-0.3, -0.25) is 4.79 Å². The van der Waals surface area contributed by atoms with Crippen molar-refractivity contribution < 1.29 is 31.1 Å². The Morgan fingerprint density at radius 1 is 1.03 bits per heavy atom. The number of hydrogen-bond acceptors (Lipinski definition) is 5. The Labute approximate surface area is 181 Å². The molecule has 3 aromatic rings. The molecule has 0 bridgehead atoms. The molecule has 1 amide bonds. The molecule has 6 nitrogen and oxygen atoms in total. The SMILES string of the molecule is Cc1ccccc1-c1nnc(SCC(=O)Nc2cc(C(F)(F)F)cc(C(F)(F)F)c2)n1N. The number of nitrogen functional groups attached to an aromatic ring is 1. The third kappa shape index (κ3) is 5.33. The fourth-order valence-corrected chi connectivity index (χ4v) is 3.39. The normalized spacial score (nSPS) is 12.1. The van der Waals surface area contributed by atoms with Crippen molar-refractivity contribution in [2.45, 2.75) is 24.4 Å². The summed E-state index contributed by atoms with van der Waals surface area (Å²) >= 11 is 0.823. The summed E-state index contributed by atoms with van der Waals surface area (Å²) in [4.78, 5) is 12.2. The molecular weight excluding hydrogens is 460 g/mol. The Bertz CT molecular complexity index is 1110. The number of benzene rings is 2. The highest BCUT2D eigenvalue weighted by Gasteiger charge is 2.37. The highest BCUT2D eigenvalue weighted by Crippen LogP contribution is 2.37. The van der Waals surface area contributed by atoms with Crippen LogP contribution in [0.2, 0.25) is 0 Å². The van der Waals surface area contributed by atoms with Crippen LogP contribution in [0.4, 0.5) is 32.0 Å². The first-order chi connectivity index (χ1) is 14.9. The van der Waals surface area contributed by atoms with Crippen LogP contribution in [-0.2, 0) is 17.1 Å². The lowest BCUT2D eigenvalue weighted by molar-refractivity contribution is -0.143. The summed E-state index contributed by atoms with van der Waals surface area (Å²) in [6.07, 6.45) is -10.0. The molecule has 3 rings (SSSR count). The van der Waals surface area contributed by atoms with Gasteiger partial charge in [0.2, 0.25) is 11.1 Å². The molecule has 13 heteroatoms. The van der Waals surface area contributed by atoms with Gasteiger partial charge in [0.25, 0.3) is 0 Å². The van der Waals surface area contributed by atoms with E-state index >= 15 is 0 Å². The van der Waals surface area contributed by atoms with Crippen molar-refractivity contribution in [2.24, 2.45) is 0 Å². The van der Waals surface area contributed by atoms with Crippen molar-refractivity contribution in [2.75, 3.05) is 16.9 Å². The van der Waals surface area contributed by atoms with Gasteiger partial charge >= 0.3 is 12.4 Å². The van der Waals surface area contributed by atoms with E-state index in [1.54, 1.807) is 12.1 Å². The lowest BCUT2D eigenvalue weighted by Gasteiger charge is -2.14. The molecule has 0 aliphatic heterocycles. The van der Waals surface area contributed by atoms with Crippen LogP contribution in [-0.4, -0.2) is 26.5 Å². The predicted octanol–water partition coefficient (Wildman–Crippen LogP) is 4.74. The van der Waals surface area contributed by atoms with Gasteiger partial charge in [-0.2, -0.15) is 26.3 Å². The lowest BCUT2D eigenvalue weighted by atomic mass is 10.1. The number of amides is 1. The van der Waals surface area contributed by atoms with E-state index in [1.165, 1.54) is 0 Å². The highest BCUT2D eigenvalue weighted by atomic mass is 32.2. The molecule has 1 heterocycles. The van der Waals surface area contributed by atoms with Crippen molar-refractivity contribution in [1.29, 1.82) is 0 Å². The van der Waals surface area contributed by atoms with Crippen molar-refractivity contribution >= 4 is 23.4 Å². The van der Waals surface area contributed by atoms with Gasteiger partial charge in [0.1, 0.15) is 0 Å². The second kappa shape index (κ2) is 8.73. The molecule has 0 aliphatic rings. The van der Waals surface area contributed by atoms with Crippen molar-refractivity contribution in [1.82, 2.24) is 14.9 Å². The van der Waals surface area contributed by atoms with E-state index in [0.717, 1.165) is 22.0 Å². The van der Waals surface area contributed by atoms with E-state index in [1.807, 2.05) is 24.4 Å². The maximum atomic E-state index is 12.9. The van der Waals surface area contributed by atoms with E-state index in [-0.39, 0.29) is 17.0 Å². The molecule has 3 N–H and O–H groups in total. The first kappa shape index (κ1) is 23.4. The average Bonchev–Trinajstić information content (AvgIpc) is 3.05. The van der Waals surface area contributed by atoms with Gasteiger partial charge in [0.15, 0.2) is 5.82 Å². The van der Waals surface area contributed by atoms with Crippen LogP contribution in [0.5, 0.6) is 0 Å². The largest absolute Gasteiger partial charge is 0.416 e. The van der Waals surface area contributed by atoms with E-state index in [0.29, 0.717) is 23.5 Å². The minimum atomic E-state index is -5.02. The Morgan fingerprint density at radius 3 is 2.19 bits per heavy atom. The first-order valence-electron chi connectivity index (χ1n) is 8.85. The molecule has 0 spiro atoms. The van der Waals surface area contributed by atoms with E-state index in [4.69, 9.17) is 5.84 Å². The minimum Gasteiger partial charge on any atom is -0.335 e. The van der Waals surface area contributed by atoms with Crippen LogP contribution >= 0.6 is 11.8 Å². The predicted molar refractivity (Wildman–Crippen MR) is 106 cm³/mol. The third-order valence-electron chi connectivity index (χ3n) is 4.25. The zero-order chi connectivity index (χ0) is 23.7. The number of aromatic nitrogens is 3. The minimum absolute atomic E-state index is 0.0194. The molecule has 32 heavy (non-hydrogen) atoms. The number of alkyl halides is 6. The zero-order valence-electron chi connectivity index (χ0n) is 16.3. The Kier molecular flexibility index (Phi) is 6.39. The number of nitrogens with two attached hydrogens (primary N) is 1. The number of rotatable bonds is 5. The summed E-state index contributed by atoms with van der Waals surface area (Å²) in [6.45, 7) is 1.84. The van der Waals surface area contributed by atoms with E-state index in [9.17, 15) is 31.1 Å². The lowest BCUT2D eigenvalue weighted by Crippen LogP contribution is -2.18. The molecule has 0 saturated carbocycles. The number of nitrogens with one attached hydrogen (secondary N) is 1. The standard InChI is InChI=1S/C19H15F6N5OS/c1-10-4-2-3-5-14(10)16-28-29-17(30(16)26)32-9-15(31)27-13-7-11(18(20,21)22)6-12(8-13)19(23,24)25/h2-8H,9,26H2,1H3,(H,27,31). The van der Waals surface area contributed by atoms with Crippen LogP contribution < -0.4 is 11.2 Å². The Morgan fingerprint density at radius 2 is 1.62 bits per heavy atom. The maximum absolute atomic E-state index is 12.9. The van der Waals surface area contributed by atoms with Gasteiger partial charge in [-0.1, -0.05) is 36.0 Å². The molecular formula is C19H15F6N5OS. The van der Waals surface area contributed by atoms with E-state index < -0.39 is 35.1 Å². The summed E-state index contributed by atoms with van der Waals surface area (Å²) in [5.41, 5.74) is -2.10. The number of carbonyl (C=O) groups excluding carboxylic acids is 1. The van der Waals surface area contributed by atoms with Gasteiger partial charge < -0.3 is 11.2 Å². The molecule has 170 valence electrons. The van der Waals surface area contributed by atoms with E-state index in [2.05, 4.69) is 10.2 Å². The second-order valence-corrected chi connectivity index (χ2v) is 7.57. The molecule has 0 atom stereocenters. The smallest absolute Gasteiger partial charge is 0.335 e. The molecule has 0 radical (unpaired) electrons. The average molecular weight is 475 g/mol. The second-order valence-electron chi connectivity index (χ2n) is 6.62. The monoisotopic (exact) mass is 475 g/mol. The molecule has 0 aliphatic carbocycles. The molecule has 0 saturated heterocycles. The van der Waals surface area contributed by atoms with Crippen LogP contribution in [0, 0.1) is 6.92 Å². The molecule has 1 aromatic heterocycles. The number of carbonyl (C=O) groups is 1. The molecule has 0 fully saturated rings. The van der Waals surface area contributed by atoms with Gasteiger partial charge in [-0.05, 0) is 30.7 Å². The number of aryl methyl sites for hydroxylation is 1. The maximum Gasteiger partial charge on any atom is 0.416 e. The van der Waals surface area contributed by atoms with Gasteiger partial charge in [-0.25, -0.2) is 4.68 Å². The van der Waals surface area contributed by atoms with Crippen LogP contribution in [0.15, 0.2) is 47.6 Å². The topological polar surface area (TPSA) is 85.8 Å². The summed E-state index contributed by atoms with van der Waals surface area (Å²) in [7, 11) is 0. The van der Waals surface area contributed by atoms with Crippen molar-refractivity contribution in [3.63, 3.8) is 0 Å². The number of hydrogen-bond donors (Lipinski definition) is 2. The number of nitrogens with zero attached hydrogens (tertiary/aromatic N) is 3. The van der Waals surface area contributed by atoms with Crippen molar-refractivity contribution in [3.05, 3.63) is 59.2 Å². The third-order valence-corrected chi connectivity index (χ3v) is 5.20. The summed E-state index contributed by atoms with van der Waals surface area (Å²) in [6, 6.07) is 8.06. The fraction of sp³-hybridized carbons (Fsp3) is 0.211. The van der Waals surface area contributed by atoms with Gasteiger partial charge in [0.05, 0.1) is 16.9 Å². The Balaban J connectivity index is 1.74. The summed E-state index contributed by atoms with van der Waals surface area (Å²) in [5, 5.41) is 10.0. The summed E-state index contributed by atoms with van der Waals surface area (Å²) in [5.74, 6) is 5.08. The van der Waals surface area contributed by atoms with Crippen LogP contribution in [0.25, 0.3) is 11.4 Å². The van der Waals surface area contributed by atoms with Crippen molar-refractivity contribution in [3.8, 4) is 11.4 Å².